The molecule has 0 aromatic heterocycles. The average molecular weight is 199 g/mol. The molecule has 0 heterocycles. The lowest BCUT2D eigenvalue weighted by Gasteiger charge is -2.18. The maximum atomic E-state index is 5.10. The first-order chi connectivity index (χ1) is 6.79. The van der Waals surface area contributed by atoms with Crippen molar-refractivity contribution in [2.24, 2.45) is 11.8 Å². The van der Waals surface area contributed by atoms with E-state index in [9.17, 15) is 0 Å². The second-order valence-corrected chi connectivity index (χ2v) is 4.57. The molecule has 0 radical (unpaired) electrons. The molecule has 0 saturated heterocycles. The highest BCUT2D eigenvalue weighted by atomic mass is 16.5. The molecule has 1 saturated carbocycles. The van der Waals surface area contributed by atoms with Crippen molar-refractivity contribution in [3.8, 4) is 0 Å². The summed E-state index contributed by atoms with van der Waals surface area (Å²) in [6.07, 6.45) is 5.14. The largest absolute Gasteiger partial charge is 0.385 e. The summed E-state index contributed by atoms with van der Waals surface area (Å²) in [7, 11) is 1.79. The molecule has 1 rings (SSSR count). The Balaban J connectivity index is 2.15. The van der Waals surface area contributed by atoms with Crippen LogP contribution in [0.4, 0.5) is 0 Å². The van der Waals surface area contributed by atoms with E-state index in [0.717, 1.165) is 24.5 Å². The molecule has 2 nitrogen and oxygen atoms in total. The quantitative estimate of drug-likeness (QED) is 0.606. The third-order valence-corrected chi connectivity index (χ3v) is 3.21. The zero-order valence-electron chi connectivity index (χ0n) is 9.88. The molecule has 0 aromatic rings. The van der Waals surface area contributed by atoms with E-state index < -0.39 is 0 Å². The van der Waals surface area contributed by atoms with E-state index in [1.54, 1.807) is 7.11 Å². The summed E-state index contributed by atoms with van der Waals surface area (Å²) >= 11 is 0. The maximum absolute atomic E-state index is 5.10. The lowest BCUT2D eigenvalue weighted by Crippen LogP contribution is -2.32. The lowest BCUT2D eigenvalue weighted by atomic mass is 10.1. The Morgan fingerprint density at radius 3 is 2.71 bits per heavy atom. The maximum Gasteiger partial charge on any atom is 0.0462 e. The normalized spacial score (nSPS) is 27.6. The van der Waals surface area contributed by atoms with Crippen LogP contribution >= 0.6 is 0 Å². The monoisotopic (exact) mass is 199 g/mol. The zero-order valence-corrected chi connectivity index (χ0v) is 9.88. The summed E-state index contributed by atoms with van der Waals surface area (Å²) in [5, 5.41) is 3.67. The van der Waals surface area contributed by atoms with Crippen molar-refractivity contribution in [2.45, 2.75) is 45.6 Å². The molecule has 1 N–H and O–H groups in total. The highest BCUT2D eigenvalue weighted by molar-refractivity contribution is 4.92. The van der Waals surface area contributed by atoms with Crippen LogP contribution in [0.1, 0.15) is 39.5 Å². The van der Waals surface area contributed by atoms with E-state index in [1.165, 1.54) is 32.2 Å². The summed E-state index contributed by atoms with van der Waals surface area (Å²) in [4.78, 5) is 0. The van der Waals surface area contributed by atoms with Crippen molar-refractivity contribution in [1.82, 2.24) is 5.32 Å². The van der Waals surface area contributed by atoms with E-state index >= 15 is 0 Å². The molecular weight excluding hydrogens is 174 g/mol. The third-order valence-electron chi connectivity index (χ3n) is 3.21. The Bertz CT molecular complexity index is 149. The van der Waals surface area contributed by atoms with Crippen molar-refractivity contribution in [1.29, 1.82) is 0 Å². The first kappa shape index (κ1) is 12.0. The van der Waals surface area contributed by atoms with Crippen LogP contribution in [-0.2, 0) is 4.74 Å². The summed E-state index contributed by atoms with van der Waals surface area (Å²) in [6.45, 7) is 6.67. The molecule has 84 valence electrons. The Kier molecular flexibility index (Phi) is 5.49. The van der Waals surface area contributed by atoms with Gasteiger partial charge in [-0.2, -0.15) is 0 Å². The molecule has 3 unspecified atom stereocenters. The van der Waals surface area contributed by atoms with E-state index in [0.29, 0.717) is 0 Å². The standard InChI is InChI=1S/C12H25NO/c1-4-7-13-12(6-5-8-14-3)11-9-10(11)2/h10-13H,4-9H2,1-3H3. The van der Waals surface area contributed by atoms with Gasteiger partial charge in [0.1, 0.15) is 0 Å². The number of nitrogens with one attached hydrogen (secondary N) is 1. The predicted octanol–water partition coefficient (Wildman–Crippen LogP) is 2.44. The van der Waals surface area contributed by atoms with Crippen LogP contribution in [0.15, 0.2) is 0 Å². The molecular formula is C12H25NO. The zero-order chi connectivity index (χ0) is 10.4. The van der Waals surface area contributed by atoms with Gasteiger partial charge in [0.25, 0.3) is 0 Å². The number of methoxy groups -OCH3 is 1. The van der Waals surface area contributed by atoms with E-state index in [2.05, 4.69) is 19.2 Å². The average Bonchev–Trinajstić information content (AvgIpc) is 2.89. The van der Waals surface area contributed by atoms with Crippen molar-refractivity contribution in [3.63, 3.8) is 0 Å². The fourth-order valence-electron chi connectivity index (χ4n) is 2.16. The fraction of sp³-hybridized carbons (Fsp3) is 1.00. The smallest absolute Gasteiger partial charge is 0.0462 e. The number of ether oxygens (including phenoxy) is 1. The van der Waals surface area contributed by atoms with Gasteiger partial charge in [-0.3, -0.25) is 0 Å². The number of hydrogen-bond donors (Lipinski definition) is 1. The molecule has 1 aliphatic rings. The van der Waals surface area contributed by atoms with Crippen LogP contribution in [0, 0.1) is 11.8 Å². The predicted molar refractivity (Wildman–Crippen MR) is 60.5 cm³/mol. The van der Waals surface area contributed by atoms with Gasteiger partial charge in [0.05, 0.1) is 0 Å². The van der Waals surface area contributed by atoms with Crippen LogP contribution < -0.4 is 5.32 Å². The van der Waals surface area contributed by atoms with Gasteiger partial charge in [0.15, 0.2) is 0 Å². The van der Waals surface area contributed by atoms with Crippen molar-refractivity contribution >= 4 is 0 Å². The van der Waals surface area contributed by atoms with Gasteiger partial charge in [-0.25, -0.2) is 0 Å². The summed E-state index contributed by atoms with van der Waals surface area (Å²) in [5.41, 5.74) is 0. The third kappa shape index (κ3) is 3.97. The van der Waals surface area contributed by atoms with Crippen LogP contribution in [0.25, 0.3) is 0 Å². The van der Waals surface area contributed by atoms with Gasteiger partial charge in [0.2, 0.25) is 0 Å². The van der Waals surface area contributed by atoms with Crippen molar-refractivity contribution < 1.29 is 4.74 Å². The van der Waals surface area contributed by atoms with Gasteiger partial charge in [-0.05, 0) is 44.1 Å². The first-order valence-electron chi connectivity index (χ1n) is 6.02. The summed E-state index contributed by atoms with van der Waals surface area (Å²) in [5.74, 6) is 1.89. The molecule has 2 heteroatoms. The van der Waals surface area contributed by atoms with Crippen molar-refractivity contribution in [2.75, 3.05) is 20.3 Å². The summed E-state index contributed by atoms with van der Waals surface area (Å²) < 4.78 is 5.10. The van der Waals surface area contributed by atoms with Gasteiger partial charge in [0, 0.05) is 19.8 Å². The fourth-order valence-corrected chi connectivity index (χ4v) is 2.16. The van der Waals surface area contributed by atoms with Crippen LogP contribution in [0.3, 0.4) is 0 Å². The molecule has 0 aliphatic heterocycles. The van der Waals surface area contributed by atoms with Gasteiger partial charge in [-0.15, -0.1) is 0 Å². The minimum atomic E-state index is 0.750. The van der Waals surface area contributed by atoms with Crippen LogP contribution in [0.5, 0.6) is 0 Å². The molecule has 0 spiro atoms. The van der Waals surface area contributed by atoms with E-state index in [-0.39, 0.29) is 0 Å². The molecule has 1 aliphatic carbocycles. The minimum Gasteiger partial charge on any atom is -0.385 e. The van der Waals surface area contributed by atoms with Crippen molar-refractivity contribution in [3.05, 3.63) is 0 Å². The molecule has 0 amide bonds. The second kappa shape index (κ2) is 6.41. The lowest BCUT2D eigenvalue weighted by molar-refractivity contribution is 0.187. The van der Waals surface area contributed by atoms with Crippen LogP contribution in [-0.4, -0.2) is 26.3 Å². The van der Waals surface area contributed by atoms with Gasteiger partial charge >= 0.3 is 0 Å². The first-order valence-corrected chi connectivity index (χ1v) is 6.02. The molecule has 1 fully saturated rings. The number of hydrogen-bond acceptors (Lipinski definition) is 2. The molecule has 14 heavy (non-hydrogen) atoms. The van der Waals surface area contributed by atoms with Gasteiger partial charge in [-0.1, -0.05) is 13.8 Å². The molecule has 3 atom stereocenters. The van der Waals surface area contributed by atoms with Crippen LogP contribution in [0.2, 0.25) is 0 Å². The Hall–Kier alpha value is -0.0800. The number of rotatable bonds is 8. The highest BCUT2D eigenvalue weighted by Gasteiger charge is 2.38. The Labute approximate surface area is 88.4 Å². The minimum absolute atomic E-state index is 0.750. The topological polar surface area (TPSA) is 21.3 Å². The Morgan fingerprint density at radius 2 is 2.21 bits per heavy atom. The SMILES string of the molecule is CCCNC(CCCOC)C1CC1C. The highest BCUT2D eigenvalue weighted by Crippen LogP contribution is 2.41. The molecule has 0 bridgehead atoms. The van der Waals surface area contributed by atoms with E-state index in [1.807, 2.05) is 0 Å². The molecule has 0 aromatic carbocycles. The Morgan fingerprint density at radius 1 is 1.50 bits per heavy atom. The van der Waals surface area contributed by atoms with Gasteiger partial charge < -0.3 is 10.1 Å². The second-order valence-electron chi connectivity index (χ2n) is 4.57. The van der Waals surface area contributed by atoms with E-state index in [4.69, 9.17) is 4.74 Å². The summed E-state index contributed by atoms with van der Waals surface area (Å²) in [6, 6.07) is 0.750.